The molecule has 7 heteroatoms. The smallest absolute Gasteiger partial charge is 0.491 e. The highest BCUT2D eigenvalue weighted by atomic mass is 35.5. The van der Waals surface area contributed by atoms with Crippen LogP contribution in [-0.2, 0) is 0 Å². The zero-order valence-electron chi connectivity index (χ0n) is 13.2. The minimum absolute atomic E-state index is 0. The molecule has 2 aromatic carbocycles. The van der Waals surface area contributed by atoms with Crippen molar-refractivity contribution in [2.75, 3.05) is 0 Å². The number of benzene rings is 2. The van der Waals surface area contributed by atoms with Crippen LogP contribution in [0.4, 0.5) is 13.2 Å². The van der Waals surface area contributed by atoms with E-state index in [9.17, 15) is 13.2 Å². The summed E-state index contributed by atoms with van der Waals surface area (Å²) in [6, 6.07) is 12.4. The zero-order valence-corrected chi connectivity index (χ0v) is 14.0. The van der Waals surface area contributed by atoms with Gasteiger partial charge >= 0.3 is 6.36 Å². The van der Waals surface area contributed by atoms with Gasteiger partial charge in [-0.05, 0) is 49.2 Å². The van der Waals surface area contributed by atoms with E-state index in [4.69, 9.17) is 10.5 Å². The van der Waals surface area contributed by atoms with Crippen molar-refractivity contribution < 1.29 is 22.6 Å². The molecule has 0 bridgehead atoms. The van der Waals surface area contributed by atoms with Crippen LogP contribution in [0.2, 0.25) is 0 Å². The van der Waals surface area contributed by atoms with Crippen LogP contribution in [0.1, 0.15) is 31.0 Å². The Labute approximate surface area is 145 Å². The predicted molar refractivity (Wildman–Crippen MR) is 88.6 cm³/mol. The summed E-state index contributed by atoms with van der Waals surface area (Å²) in [5, 5.41) is 0. The fourth-order valence-corrected chi connectivity index (χ4v) is 2.10. The van der Waals surface area contributed by atoms with Crippen molar-refractivity contribution in [2.45, 2.75) is 32.4 Å². The average molecular weight is 362 g/mol. The molecule has 0 spiro atoms. The third kappa shape index (κ3) is 5.94. The largest absolute Gasteiger partial charge is 0.573 e. The number of ether oxygens (including phenoxy) is 2. The average Bonchev–Trinajstić information content (AvgIpc) is 2.46. The number of halogens is 4. The standard InChI is InChI=1S/C17H18F3NO2.ClH/c1-11(2)22-14-7-3-12(4-8-14)16(21)13-5-9-15(10-6-13)23-17(18,19)20;/h3-11,16H,21H2,1-2H3;1H/t16-;/m0./s1. The highest BCUT2D eigenvalue weighted by Gasteiger charge is 2.31. The summed E-state index contributed by atoms with van der Waals surface area (Å²) in [7, 11) is 0. The Morgan fingerprint density at radius 2 is 1.25 bits per heavy atom. The van der Waals surface area contributed by atoms with Crippen LogP contribution in [0.25, 0.3) is 0 Å². The number of hydrogen-bond acceptors (Lipinski definition) is 3. The summed E-state index contributed by atoms with van der Waals surface area (Å²) in [4.78, 5) is 0. The van der Waals surface area contributed by atoms with Crippen LogP contribution in [0.5, 0.6) is 11.5 Å². The molecular formula is C17H19ClF3NO2. The second-order valence-corrected chi connectivity index (χ2v) is 5.33. The first-order valence-electron chi connectivity index (χ1n) is 7.12. The molecular weight excluding hydrogens is 343 g/mol. The van der Waals surface area contributed by atoms with E-state index < -0.39 is 12.4 Å². The van der Waals surface area contributed by atoms with E-state index in [-0.39, 0.29) is 24.3 Å². The highest BCUT2D eigenvalue weighted by Crippen LogP contribution is 2.27. The Morgan fingerprint density at radius 1 is 0.833 bits per heavy atom. The molecule has 0 unspecified atom stereocenters. The molecule has 132 valence electrons. The van der Waals surface area contributed by atoms with Crippen LogP contribution in [0, 0.1) is 0 Å². The lowest BCUT2D eigenvalue weighted by molar-refractivity contribution is -0.274. The Morgan fingerprint density at radius 3 is 1.62 bits per heavy atom. The maximum absolute atomic E-state index is 12.1. The van der Waals surface area contributed by atoms with Crippen molar-refractivity contribution in [1.82, 2.24) is 0 Å². The summed E-state index contributed by atoms with van der Waals surface area (Å²) >= 11 is 0. The third-order valence-corrected chi connectivity index (χ3v) is 3.08. The van der Waals surface area contributed by atoms with Crippen LogP contribution < -0.4 is 15.2 Å². The molecule has 0 aromatic heterocycles. The molecule has 0 fully saturated rings. The first-order chi connectivity index (χ1) is 10.7. The Bertz CT molecular complexity index is 628. The van der Waals surface area contributed by atoms with Crippen LogP contribution in [-0.4, -0.2) is 12.5 Å². The molecule has 3 nitrogen and oxygen atoms in total. The summed E-state index contributed by atoms with van der Waals surface area (Å²) in [5.74, 6) is 0.471. The van der Waals surface area contributed by atoms with E-state index >= 15 is 0 Å². The van der Waals surface area contributed by atoms with Crippen LogP contribution in [0.15, 0.2) is 48.5 Å². The second-order valence-electron chi connectivity index (χ2n) is 5.33. The van der Waals surface area contributed by atoms with Gasteiger partial charge in [0.05, 0.1) is 12.1 Å². The van der Waals surface area contributed by atoms with Gasteiger partial charge in [-0.25, -0.2) is 0 Å². The number of hydrogen-bond donors (Lipinski definition) is 1. The fourth-order valence-electron chi connectivity index (χ4n) is 2.10. The topological polar surface area (TPSA) is 44.5 Å². The summed E-state index contributed by atoms with van der Waals surface area (Å²) in [6.07, 6.45) is -4.62. The van der Waals surface area contributed by atoms with Gasteiger partial charge in [0, 0.05) is 0 Å². The lowest BCUT2D eigenvalue weighted by atomic mass is 9.99. The summed E-state index contributed by atoms with van der Waals surface area (Å²) in [5.41, 5.74) is 7.67. The molecule has 0 aliphatic carbocycles. The SMILES string of the molecule is CC(C)Oc1ccc([C@H](N)c2ccc(OC(F)(F)F)cc2)cc1.Cl. The van der Waals surface area contributed by atoms with Gasteiger partial charge in [0.25, 0.3) is 0 Å². The zero-order chi connectivity index (χ0) is 17.0. The van der Waals surface area contributed by atoms with Gasteiger partial charge in [-0.3, -0.25) is 0 Å². The van der Waals surface area contributed by atoms with Gasteiger partial charge in [0.2, 0.25) is 0 Å². The Kier molecular flexibility index (Phi) is 6.93. The van der Waals surface area contributed by atoms with Crippen molar-refractivity contribution >= 4 is 12.4 Å². The van der Waals surface area contributed by atoms with Crippen molar-refractivity contribution in [3.05, 3.63) is 59.7 Å². The highest BCUT2D eigenvalue weighted by molar-refractivity contribution is 5.85. The third-order valence-electron chi connectivity index (χ3n) is 3.08. The molecule has 0 amide bonds. The van der Waals surface area contributed by atoms with E-state index in [2.05, 4.69) is 4.74 Å². The quantitative estimate of drug-likeness (QED) is 0.828. The minimum Gasteiger partial charge on any atom is -0.491 e. The molecule has 2 rings (SSSR count). The van der Waals surface area contributed by atoms with E-state index in [0.717, 1.165) is 11.3 Å². The van der Waals surface area contributed by atoms with E-state index in [1.54, 1.807) is 0 Å². The molecule has 0 aliphatic rings. The van der Waals surface area contributed by atoms with Crippen LogP contribution in [0.3, 0.4) is 0 Å². The predicted octanol–water partition coefficient (Wildman–Crippen LogP) is 4.84. The minimum atomic E-state index is -4.70. The Hall–Kier alpha value is -1.92. The van der Waals surface area contributed by atoms with Gasteiger partial charge in [-0.2, -0.15) is 0 Å². The normalized spacial score (nSPS) is 12.5. The first-order valence-corrected chi connectivity index (χ1v) is 7.12. The molecule has 0 radical (unpaired) electrons. The molecule has 2 aromatic rings. The van der Waals surface area contributed by atoms with Gasteiger partial charge in [-0.15, -0.1) is 25.6 Å². The number of alkyl halides is 3. The van der Waals surface area contributed by atoms with Crippen molar-refractivity contribution in [2.24, 2.45) is 5.73 Å². The maximum Gasteiger partial charge on any atom is 0.573 e. The number of nitrogens with two attached hydrogens (primary N) is 1. The molecule has 2 N–H and O–H groups in total. The summed E-state index contributed by atoms with van der Waals surface area (Å²) in [6.45, 7) is 3.87. The maximum atomic E-state index is 12.1. The van der Waals surface area contributed by atoms with Gasteiger partial charge in [-0.1, -0.05) is 24.3 Å². The van der Waals surface area contributed by atoms with E-state index in [1.807, 2.05) is 38.1 Å². The molecule has 0 saturated heterocycles. The summed E-state index contributed by atoms with van der Waals surface area (Å²) < 4.78 is 45.8. The van der Waals surface area contributed by atoms with Gasteiger partial charge < -0.3 is 15.2 Å². The van der Waals surface area contributed by atoms with Crippen molar-refractivity contribution in [1.29, 1.82) is 0 Å². The second kappa shape index (κ2) is 8.26. The monoisotopic (exact) mass is 361 g/mol. The van der Waals surface area contributed by atoms with E-state index in [1.165, 1.54) is 24.3 Å². The number of rotatable bonds is 5. The van der Waals surface area contributed by atoms with Crippen molar-refractivity contribution in [3.8, 4) is 11.5 Å². The van der Waals surface area contributed by atoms with Gasteiger partial charge in [0.1, 0.15) is 11.5 Å². The van der Waals surface area contributed by atoms with Crippen LogP contribution >= 0.6 is 12.4 Å². The fraction of sp³-hybridized carbons (Fsp3) is 0.294. The van der Waals surface area contributed by atoms with E-state index in [0.29, 0.717) is 5.56 Å². The molecule has 1 atom stereocenters. The molecule has 0 aliphatic heterocycles. The lowest BCUT2D eigenvalue weighted by Gasteiger charge is -2.15. The Balaban J connectivity index is 0.00000288. The first kappa shape index (κ1) is 20.1. The molecule has 0 saturated carbocycles. The molecule has 24 heavy (non-hydrogen) atoms. The van der Waals surface area contributed by atoms with Crippen molar-refractivity contribution in [3.63, 3.8) is 0 Å². The van der Waals surface area contributed by atoms with Gasteiger partial charge in [0.15, 0.2) is 0 Å². The lowest BCUT2D eigenvalue weighted by Crippen LogP contribution is -2.17. The molecule has 0 heterocycles.